The average molecular weight is 346 g/mol. The number of imidazole rings is 1. The standard InChI is InChI=1S/C21H22N4O/c1-13(2)25-12-11-15-16(7-6-10-19(15)25)21(26)22-14(3)20-23-17-8-4-5-9-18(17)24-20/h4-14H,1-3H3,(H,22,26)(H,23,24)/t14-/m1/s1. The summed E-state index contributed by atoms with van der Waals surface area (Å²) < 4.78 is 2.18. The average Bonchev–Trinajstić information content (AvgIpc) is 3.25. The third-order valence-corrected chi connectivity index (χ3v) is 4.73. The van der Waals surface area contributed by atoms with Crippen LogP contribution >= 0.6 is 0 Å². The van der Waals surface area contributed by atoms with Gasteiger partial charge in [-0.1, -0.05) is 18.2 Å². The van der Waals surface area contributed by atoms with Crippen LogP contribution in [0.25, 0.3) is 21.9 Å². The summed E-state index contributed by atoms with van der Waals surface area (Å²) in [7, 11) is 0. The highest BCUT2D eigenvalue weighted by atomic mass is 16.1. The second kappa shape index (κ2) is 6.33. The molecule has 1 atom stereocenters. The van der Waals surface area contributed by atoms with Gasteiger partial charge in [0.25, 0.3) is 5.91 Å². The Morgan fingerprint density at radius 3 is 2.65 bits per heavy atom. The number of hydrogen-bond donors (Lipinski definition) is 2. The first-order valence-electron chi connectivity index (χ1n) is 8.89. The van der Waals surface area contributed by atoms with E-state index < -0.39 is 0 Å². The third kappa shape index (κ3) is 2.75. The van der Waals surface area contributed by atoms with E-state index in [-0.39, 0.29) is 11.9 Å². The van der Waals surface area contributed by atoms with Gasteiger partial charge in [-0.15, -0.1) is 0 Å². The molecule has 4 aromatic rings. The van der Waals surface area contributed by atoms with E-state index >= 15 is 0 Å². The summed E-state index contributed by atoms with van der Waals surface area (Å²) in [5.41, 5.74) is 3.63. The number of carbonyl (C=O) groups excluding carboxylic acids is 1. The fourth-order valence-electron chi connectivity index (χ4n) is 3.36. The second-order valence-corrected chi connectivity index (χ2v) is 6.89. The van der Waals surface area contributed by atoms with Crippen LogP contribution < -0.4 is 5.32 Å². The maximum absolute atomic E-state index is 12.9. The molecule has 26 heavy (non-hydrogen) atoms. The molecule has 5 heteroatoms. The molecule has 0 aliphatic carbocycles. The number of nitrogens with zero attached hydrogens (tertiary/aromatic N) is 2. The van der Waals surface area contributed by atoms with Gasteiger partial charge in [0.2, 0.25) is 0 Å². The molecule has 2 N–H and O–H groups in total. The molecule has 5 nitrogen and oxygen atoms in total. The molecule has 0 unspecified atom stereocenters. The lowest BCUT2D eigenvalue weighted by atomic mass is 10.1. The van der Waals surface area contributed by atoms with Crippen LogP contribution in [0.2, 0.25) is 0 Å². The highest BCUT2D eigenvalue weighted by molar-refractivity contribution is 6.06. The minimum atomic E-state index is -0.211. The van der Waals surface area contributed by atoms with Crippen molar-refractivity contribution in [2.24, 2.45) is 0 Å². The highest BCUT2D eigenvalue weighted by Crippen LogP contribution is 2.24. The minimum Gasteiger partial charge on any atom is -0.345 e. The molecule has 0 bridgehead atoms. The number of fused-ring (bicyclic) bond motifs is 2. The van der Waals surface area contributed by atoms with Crippen molar-refractivity contribution >= 4 is 27.8 Å². The lowest BCUT2D eigenvalue weighted by Gasteiger charge is -2.13. The van der Waals surface area contributed by atoms with Crippen LogP contribution in [0.3, 0.4) is 0 Å². The number of para-hydroxylation sites is 2. The van der Waals surface area contributed by atoms with Gasteiger partial charge in [0.15, 0.2) is 0 Å². The number of nitrogens with one attached hydrogen (secondary N) is 2. The molecule has 0 saturated carbocycles. The van der Waals surface area contributed by atoms with E-state index in [1.165, 1.54) is 0 Å². The number of rotatable bonds is 4. The van der Waals surface area contributed by atoms with Crippen LogP contribution in [0.5, 0.6) is 0 Å². The van der Waals surface area contributed by atoms with E-state index in [9.17, 15) is 4.79 Å². The van der Waals surface area contributed by atoms with Gasteiger partial charge in [0.05, 0.1) is 17.1 Å². The van der Waals surface area contributed by atoms with E-state index in [1.54, 1.807) is 0 Å². The van der Waals surface area contributed by atoms with Gasteiger partial charge in [-0.25, -0.2) is 4.98 Å². The van der Waals surface area contributed by atoms with Gasteiger partial charge in [-0.3, -0.25) is 4.79 Å². The molecular weight excluding hydrogens is 324 g/mol. The predicted molar refractivity (Wildman–Crippen MR) is 104 cm³/mol. The quantitative estimate of drug-likeness (QED) is 0.568. The van der Waals surface area contributed by atoms with Crippen molar-refractivity contribution in [3.05, 3.63) is 66.1 Å². The molecule has 0 radical (unpaired) electrons. The highest BCUT2D eigenvalue weighted by Gasteiger charge is 2.17. The minimum absolute atomic E-state index is 0.0925. The number of carbonyl (C=O) groups is 1. The van der Waals surface area contributed by atoms with Gasteiger partial charge in [-0.05, 0) is 51.1 Å². The second-order valence-electron chi connectivity index (χ2n) is 6.89. The SMILES string of the molecule is CC(C)n1ccc2c(C(=O)N[C@H](C)c3nc4ccccc4[nH]3)cccc21. The summed E-state index contributed by atoms with van der Waals surface area (Å²) in [5.74, 6) is 0.663. The number of aromatic amines is 1. The van der Waals surface area contributed by atoms with Gasteiger partial charge in [0, 0.05) is 28.7 Å². The summed E-state index contributed by atoms with van der Waals surface area (Å²) in [6.07, 6.45) is 2.04. The van der Waals surface area contributed by atoms with Crippen LogP contribution in [0, 0.1) is 0 Å². The Morgan fingerprint density at radius 1 is 1.08 bits per heavy atom. The zero-order valence-electron chi connectivity index (χ0n) is 15.2. The molecule has 4 rings (SSSR count). The van der Waals surface area contributed by atoms with E-state index in [0.29, 0.717) is 11.6 Å². The van der Waals surface area contributed by atoms with E-state index in [4.69, 9.17) is 0 Å². The van der Waals surface area contributed by atoms with E-state index in [0.717, 1.165) is 27.8 Å². The van der Waals surface area contributed by atoms with Crippen molar-refractivity contribution in [1.82, 2.24) is 19.9 Å². The lowest BCUT2D eigenvalue weighted by Crippen LogP contribution is -2.27. The number of hydrogen-bond acceptors (Lipinski definition) is 2. The zero-order chi connectivity index (χ0) is 18.3. The summed E-state index contributed by atoms with van der Waals surface area (Å²) in [6, 6.07) is 15.9. The number of benzene rings is 2. The van der Waals surface area contributed by atoms with Crippen LogP contribution in [0.1, 0.15) is 49.0 Å². The predicted octanol–water partition coefficient (Wildman–Crippen LogP) is 4.59. The molecule has 2 aromatic carbocycles. The van der Waals surface area contributed by atoms with Crippen LogP contribution in [0.4, 0.5) is 0 Å². The number of H-pyrrole nitrogens is 1. The first-order chi connectivity index (χ1) is 12.5. The number of amides is 1. The molecule has 2 aromatic heterocycles. The molecule has 0 aliphatic heterocycles. The third-order valence-electron chi connectivity index (χ3n) is 4.73. The molecular formula is C21H22N4O. The maximum Gasteiger partial charge on any atom is 0.252 e. The Balaban J connectivity index is 1.62. The summed E-state index contributed by atoms with van der Waals surface area (Å²) in [4.78, 5) is 20.7. The van der Waals surface area contributed by atoms with E-state index in [1.807, 2.05) is 55.6 Å². The van der Waals surface area contributed by atoms with Gasteiger partial charge in [0.1, 0.15) is 5.82 Å². The van der Waals surface area contributed by atoms with Crippen molar-refractivity contribution in [2.75, 3.05) is 0 Å². The molecule has 132 valence electrons. The topological polar surface area (TPSA) is 62.7 Å². The zero-order valence-corrected chi connectivity index (χ0v) is 15.2. The van der Waals surface area contributed by atoms with Crippen LogP contribution in [0.15, 0.2) is 54.7 Å². The molecule has 0 fully saturated rings. The first kappa shape index (κ1) is 16.4. The summed E-state index contributed by atoms with van der Waals surface area (Å²) >= 11 is 0. The molecule has 1 amide bonds. The van der Waals surface area contributed by atoms with E-state index in [2.05, 4.69) is 39.8 Å². The molecule has 0 spiro atoms. The smallest absolute Gasteiger partial charge is 0.252 e. The van der Waals surface area contributed by atoms with Crippen molar-refractivity contribution in [1.29, 1.82) is 0 Å². The van der Waals surface area contributed by atoms with Crippen molar-refractivity contribution in [2.45, 2.75) is 32.9 Å². The summed E-state index contributed by atoms with van der Waals surface area (Å²) in [6.45, 7) is 6.21. The Morgan fingerprint density at radius 2 is 1.88 bits per heavy atom. The Labute approximate surface area is 152 Å². The van der Waals surface area contributed by atoms with Gasteiger partial charge in [-0.2, -0.15) is 0 Å². The fraction of sp³-hybridized carbons (Fsp3) is 0.238. The van der Waals surface area contributed by atoms with Gasteiger partial charge >= 0.3 is 0 Å². The molecule has 0 saturated heterocycles. The lowest BCUT2D eigenvalue weighted by molar-refractivity contribution is 0.0940. The van der Waals surface area contributed by atoms with Crippen molar-refractivity contribution in [3.8, 4) is 0 Å². The number of aromatic nitrogens is 3. The fourth-order valence-corrected chi connectivity index (χ4v) is 3.36. The maximum atomic E-state index is 12.9. The van der Waals surface area contributed by atoms with Crippen molar-refractivity contribution in [3.63, 3.8) is 0 Å². The van der Waals surface area contributed by atoms with Crippen LogP contribution in [-0.4, -0.2) is 20.4 Å². The molecule has 0 aliphatic rings. The Kier molecular flexibility index (Phi) is 3.99. The van der Waals surface area contributed by atoms with Crippen LogP contribution in [-0.2, 0) is 0 Å². The first-order valence-corrected chi connectivity index (χ1v) is 8.89. The normalized spacial score (nSPS) is 12.8. The summed E-state index contributed by atoms with van der Waals surface area (Å²) in [5, 5.41) is 4.03. The Hall–Kier alpha value is -3.08. The Bertz CT molecular complexity index is 1060. The largest absolute Gasteiger partial charge is 0.345 e. The monoisotopic (exact) mass is 346 g/mol. The molecule has 2 heterocycles. The van der Waals surface area contributed by atoms with Gasteiger partial charge < -0.3 is 14.9 Å². The van der Waals surface area contributed by atoms with Crippen molar-refractivity contribution < 1.29 is 4.79 Å².